The summed E-state index contributed by atoms with van der Waals surface area (Å²) in [5.41, 5.74) is 2.22. The monoisotopic (exact) mass is 436 g/mol. The molecule has 3 rings (SSSR count). The summed E-state index contributed by atoms with van der Waals surface area (Å²) in [7, 11) is 0. The van der Waals surface area contributed by atoms with E-state index in [0.717, 1.165) is 12.0 Å². The number of hydrogen-bond donors (Lipinski definition) is 2. The van der Waals surface area contributed by atoms with Gasteiger partial charge in [0.25, 0.3) is 5.91 Å². The molecule has 8 nitrogen and oxygen atoms in total. The molecule has 0 atom stereocenters. The summed E-state index contributed by atoms with van der Waals surface area (Å²) < 4.78 is 0. The number of carbonyl (C=O) groups excluding carboxylic acids is 2. The number of nitrogens with zero attached hydrogens (tertiary/aromatic N) is 4. The number of carbonyl (C=O) groups is 2. The first kappa shape index (κ1) is 23.3. The van der Waals surface area contributed by atoms with Crippen molar-refractivity contribution in [2.45, 2.75) is 34.1 Å². The standard InChI is InChI=1S/C24H32N6O2/c1-5-24(3,4)15-17(2)21(26)28-10-12-29(13-11-28)22(31)20-7-6-19(14-18(20)16-25)30-9-8-27-23(30)32/h6-7,14-15,26H,5,8-13H2,1-4H3,(H,27,32)/b17-15-,26-21?. The summed E-state index contributed by atoms with van der Waals surface area (Å²) in [4.78, 5) is 30.3. The number of hydrogen-bond acceptors (Lipinski definition) is 4. The van der Waals surface area contributed by atoms with Gasteiger partial charge in [-0.05, 0) is 42.5 Å². The number of piperazine rings is 1. The van der Waals surface area contributed by atoms with Gasteiger partial charge < -0.3 is 15.1 Å². The lowest BCUT2D eigenvalue weighted by Crippen LogP contribution is -2.50. The van der Waals surface area contributed by atoms with Gasteiger partial charge in [0.15, 0.2) is 0 Å². The normalized spacial score (nSPS) is 17.3. The molecule has 0 aromatic heterocycles. The molecular weight excluding hydrogens is 404 g/mol. The number of benzene rings is 1. The SMILES string of the molecule is CCC(C)(C)/C=C(/C)C(=N)N1CCN(C(=O)c2ccc(N3CCNC3=O)cc2C#N)CC1. The van der Waals surface area contributed by atoms with Crippen molar-refractivity contribution in [2.75, 3.05) is 44.2 Å². The number of amidine groups is 1. The van der Waals surface area contributed by atoms with E-state index in [4.69, 9.17) is 5.41 Å². The quantitative estimate of drug-likeness (QED) is 0.546. The van der Waals surface area contributed by atoms with Gasteiger partial charge in [-0.25, -0.2) is 4.79 Å². The number of nitrogens with one attached hydrogen (secondary N) is 2. The lowest BCUT2D eigenvalue weighted by molar-refractivity contribution is 0.0691. The topological polar surface area (TPSA) is 104 Å². The van der Waals surface area contributed by atoms with Gasteiger partial charge in [0.2, 0.25) is 0 Å². The highest BCUT2D eigenvalue weighted by molar-refractivity contribution is 5.99. The molecule has 0 saturated carbocycles. The Bertz CT molecular complexity index is 983. The number of rotatable bonds is 5. The molecule has 1 aromatic rings. The van der Waals surface area contributed by atoms with Crippen LogP contribution in [-0.4, -0.2) is 66.8 Å². The Morgan fingerprint density at radius 1 is 1.22 bits per heavy atom. The van der Waals surface area contributed by atoms with E-state index in [2.05, 4.69) is 38.2 Å². The van der Waals surface area contributed by atoms with E-state index in [1.165, 1.54) is 0 Å². The van der Waals surface area contributed by atoms with Gasteiger partial charge in [0.1, 0.15) is 11.9 Å². The van der Waals surface area contributed by atoms with Crippen molar-refractivity contribution in [1.82, 2.24) is 15.1 Å². The summed E-state index contributed by atoms with van der Waals surface area (Å²) in [6, 6.07) is 6.87. The highest BCUT2D eigenvalue weighted by Gasteiger charge is 2.27. The number of urea groups is 1. The van der Waals surface area contributed by atoms with Crippen molar-refractivity contribution in [3.63, 3.8) is 0 Å². The van der Waals surface area contributed by atoms with E-state index in [9.17, 15) is 14.9 Å². The van der Waals surface area contributed by atoms with E-state index in [1.54, 1.807) is 28.0 Å². The van der Waals surface area contributed by atoms with Crippen LogP contribution in [0.5, 0.6) is 0 Å². The molecular formula is C24H32N6O2. The summed E-state index contributed by atoms with van der Waals surface area (Å²) in [5, 5.41) is 20.9. The zero-order valence-electron chi connectivity index (χ0n) is 19.4. The lowest BCUT2D eigenvalue weighted by Gasteiger charge is -2.37. The average Bonchev–Trinajstić information content (AvgIpc) is 3.23. The molecule has 2 aliphatic rings. The van der Waals surface area contributed by atoms with Crippen LogP contribution >= 0.6 is 0 Å². The average molecular weight is 437 g/mol. The molecule has 0 radical (unpaired) electrons. The molecule has 2 fully saturated rings. The Hall–Kier alpha value is -3.34. The summed E-state index contributed by atoms with van der Waals surface area (Å²) in [5.74, 6) is 0.314. The van der Waals surface area contributed by atoms with Gasteiger partial charge in [-0.3, -0.25) is 15.1 Å². The van der Waals surface area contributed by atoms with E-state index in [1.807, 2.05) is 11.8 Å². The van der Waals surface area contributed by atoms with E-state index < -0.39 is 0 Å². The van der Waals surface area contributed by atoms with Crippen molar-refractivity contribution < 1.29 is 9.59 Å². The third-order valence-electron chi connectivity index (χ3n) is 6.30. The molecule has 0 aliphatic carbocycles. The first-order valence-corrected chi connectivity index (χ1v) is 11.1. The smallest absolute Gasteiger partial charge is 0.321 e. The molecule has 1 aromatic carbocycles. The zero-order valence-corrected chi connectivity index (χ0v) is 19.4. The molecule has 2 saturated heterocycles. The highest BCUT2D eigenvalue weighted by atomic mass is 16.2. The van der Waals surface area contributed by atoms with Gasteiger partial charge in [0, 0.05) is 45.0 Å². The second-order valence-electron chi connectivity index (χ2n) is 9.02. The Balaban J connectivity index is 1.67. The van der Waals surface area contributed by atoms with E-state index in [0.29, 0.717) is 56.4 Å². The predicted octanol–water partition coefficient (Wildman–Crippen LogP) is 3.21. The van der Waals surface area contributed by atoms with Gasteiger partial charge in [-0.2, -0.15) is 5.26 Å². The molecule has 170 valence electrons. The largest absolute Gasteiger partial charge is 0.353 e. The van der Waals surface area contributed by atoms with Crippen LogP contribution in [0.2, 0.25) is 0 Å². The second kappa shape index (κ2) is 9.43. The van der Waals surface area contributed by atoms with Crippen LogP contribution in [-0.2, 0) is 0 Å². The van der Waals surface area contributed by atoms with Crippen LogP contribution in [0, 0.1) is 22.2 Å². The number of allylic oxidation sites excluding steroid dienone is 1. The minimum atomic E-state index is -0.196. The predicted molar refractivity (Wildman–Crippen MR) is 125 cm³/mol. The number of nitriles is 1. The Morgan fingerprint density at radius 3 is 2.44 bits per heavy atom. The molecule has 32 heavy (non-hydrogen) atoms. The van der Waals surface area contributed by atoms with Crippen LogP contribution in [0.25, 0.3) is 0 Å². The van der Waals surface area contributed by atoms with Crippen molar-refractivity contribution in [3.8, 4) is 6.07 Å². The maximum absolute atomic E-state index is 13.1. The molecule has 3 amide bonds. The molecule has 2 aliphatic heterocycles. The molecule has 0 bridgehead atoms. The van der Waals surface area contributed by atoms with E-state index in [-0.39, 0.29) is 22.9 Å². The maximum Gasteiger partial charge on any atom is 0.321 e. The maximum atomic E-state index is 13.1. The molecule has 2 N–H and O–H groups in total. The van der Waals surface area contributed by atoms with Gasteiger partial charge in [0.05, 0.1) is 11.1 Å². The fourth-order valence-corrected chi connectivity index (χ4v) is 4.01. The summed E-state index contributed by atoms with van der Waals surface area (Å²) in [6.45, 7) is 11.7. The molecule has 8 heteroatoms. The van der Waals surface area contributed by atoms with Crippen LogP contribution < -0.4 is 10.2 Å². The third-order valence-corrected chi connectivity index (χ3v) is 6.30. The fourth-order valence-electron chi connectivity index (χ4n) is 4.01. The second-order valence-corrected chi connectivity index (χ2v) is 9.02. The lowest BCUT2D eigenvalue weighted by atomic mass is 9.88. The van der Waals surface area contributed by atoms with Crippen molar-refractivity contribution in [2.24, 2.45) is 5.41 Å². The third kappa shape index (κ3) is 4.93. The fraction of sp³-hybridized carbons (Fsp3) is 0.500. The van der Waals surface area contributed by atoms with Gasteiger partial charge in [-0.1, -0.05) is 26.8 Å². The van der Waals surface area contributed by atoms with Crippen LogP contribution in [0.4, 0.5) is 10.5 Å². The Kier molecular flexibility index (Phi) is 6.87. The first-order chi connectivity index (χ1) is 15.2. The van der Waals surface area contributed by atoms with Crippen LogP contribution in [0.3, 0.4) is 0 Å². The summed E-state index contributed by atoms with van der Waals surface area (Å²) >= 11 is 0. The van der Waals surface area contributed by atoms with Crippen LogP contribution in [0.1, 0.15) is 50.0 Å². The first-order valence-electron chi connectivity index (χ1n) is 11.1. The Morgan fingerprint density at radius 2 is 1.88 bits per heavy atom. The van der Waals surface area contributed by atoms with Crippen LogP contribution in [0.15, 0.2) is 29.8 Å². The highest BCUT2D eigenvalue weighted by Crippen LogP contribution is 2.25. The van der Waals surface area contributed by atoms with Crippen molar-refractivity contribution in [3.05, 3.63) is 41.0 Å². The Labute approximate surface area is 190 Å². The minimum Gasteiger partial charge on any atom is -0.353 e. The van der Waals surface area contributed by atoms with E-state index >= 15 is 0 Å². The minimum absolute atomic E-state index is 0.0454. The van der Waals surface area contributed by atoms with Crippen molar-refractivity contribution >= 4 is 23.5 Å². The zero-order chi connectivity index (χ0) is 23.5. The van der Waals surface area contributed by atoms with Gasteiger partial charge >= 0.3 is 6.03 Å². The molecule has 0 unspecified atom stereocenters. The van der Waals surface area contributed by atoms with Gasteiger partial charge in [-0.15, -0.1) is 0 Å². The summed E-state index contributed by atoms with van der Waals surface area (Å²) in [6.07, 6.45) is 3.15. The number of anilines is 1. The van der Waals surface area contributed by atoms with Crippen molar-refractivity contribution in [1.29, 1.82) is 10.7 Å². The number of amides is 3. The molecule has 2 heterocycles. The molecule has 0 spiro atoms.